The minimum absolute atomic E-state index is 0. The van der Waals surface area contributed by atoms with Crippen LogP contribution in [-0.2, 0) is 10.8 Å². The lowest BCUT2D eigenvalue weighted by Gasteiger charge is -2.19. The number of guanidine groups is 1. The molecular formula is C17H29ClIN3OS. The zero-order valence-electron chi connectivity index (χ0n) is 15.1. The maximum atomic E-state index is 12.1. The summed E-state index contributed by atoms with van der Waals surface area (Å²) in [5.74, 6) is 1.30. The zero-order chi connectivity index (χ0) is 17.5. The van der Waals surface area contributed by atoms with E-state index in [9.17, 15) is 4.21 Å². The molecule has 0 radical (unpaired) electrons. The summed E-state index contributed by atoms with van der Waals surface area (Å²) in [6.07, 6.45) is 0. The molecule has 4 nitrogen and oxygen atoms in total. The van der Waals surface area contributed by atoms with Crippen LogP contribution in [0.5, 0.6) is 0 Å². The number of benzene rings is 1. The first-order valence-electron chi connectivity index (χ1n) is 7.93. The van der Waals surface area contributed by atoms with Gasteiger partial charge < -0.3 is 10.6 Å². The minimum Gasteiger partial charge on any atom is -0.357 e. The summed E-state index contributed by atoms with van der Waals surface area (Å²) in [6.45, 7) is 11.4. The molecule has 0 aliphatic carbocycles. The van der Waals surface area contributed by atoms with Gasteiger partial charge in [0.05, 0.1) is 12.6 Å². The standard InChI is InChI=1S/C17H28ClN3OS.HI/c1-6-19-16(20-11-12-23(22)17(3,4)5)21-13(2)14-7-9-15(18)10-8-14;/h7-10,13H,6,11-12H2,1-5H3,(H2,19,20,21);1H. The van der Waals surface area contributed by atoms with Gasteiger partial charge in [0.2, 0.25) is 0 Å². The summed E-state index contributed by atoms with van der Waals surface area (Å²) in [4.78, 5) is 4.53. The third-order valence-electron chi connectivity index (χ3n) is 3.30. The molecule has 0 heterocycles. The normalized spacial score (nSPS) is 14.5. The van der Waals surface area contributed by atoms with Gasteiger partial charge in [-0.2, -0.15) is 0 Å². The Morgan fingerprint density at radius 3 is 2.38 bits per heavy atom. The number of hydrogen-bond acceptors (Lipinski definition) is 2. The number of nitrogens with one attached hydrogen (secondary N) is 2. The van der Waals surface area contributed by atoms with E-state index in [0.29, 0.717) is 12.3 Å². The molecule has 0 bridgehead atoms. The number of rotatable bonds is 6. The highest BCUT2D eigenvalue weighted by Gasteiger charge is 2.18. The molecule has 1 aromatic carbocycles. The Morgan fingerprint density at radius 1 is 1.29 bits per heavy atom. The van der Waals surface area contributed by atoms with E-state index in [0.717, 1.165) is 23.1 Å². The molecule has 7 heteroatoms. The molecule has 0 aliphatic heterocycles. The molecule has 0 amide bonds. The van der Waals surface area contributed by atoms with Gasteiger partial charge >= 0.3 is 0 Å². The van der Waals surface area contributed by atoms with Crippen molar-refractivity contribution in [3.63, 3.8) is 0 Å². The van der Waals surface area contributed by atoms with E-state index in [2.05, 4.69) is 22.5 Å². The van der Waals surface area contributed by atoms with Crippen molar-refractivity contribution in [1.82, 2.24) is 10.6 Å². The Bertz CT molecular complexity index is 544. The van der Waals surface area contributed by atoms with E-state index in [1.165, 1.54) is 0 Å². The number of halogens is 2. The molecule has 138 valence electrons. The third-order valence-corrected chi connectivity index (χ3v) is 5.47. The SMILES string of the molecule is CCNC(=NCCS(=O)C(C)(C)C)NC(C)c1ccc(Cl)cc1.I. The molecule has 2 unspecified atom stereocenters. The van der Waals surface area contributed by atoms with E-state index in [1.54, 1.807) is 0 Å². The first kappa shape index (κ1) is 23.7. The highest BCUT2D eigenvalue weighted by molar-refractivity contribution is 14.0. The van der Waals surface area contributed by atoms with Gasteiger partial charge in [-0.15, -0.1) is 24.0 Å². The summed E-state index contributed by atoms with van der Waals surface area (Å²) >= 11 is 5.92. The van der Waals surface area contributed by atoms with Crippen LogP contribution in [0.25, 0.3) is 0 Å². The topological polar surface area (TPSA) is 53.5 Å². The molecular weight excluding hydrogens is 457 g/mol. The highest BCUT2D eigenvalue weighted by Crippen LogP contribution is 2.16. The van der Waals surface area contributed by atoms with Crippen molar-refractivity contribution >= 4 is 52.3 Å². The van der Waals surface area contributed by atoms with Crippen LogP contribution in [0.4, 0.5) is 0 Å². The average Bonchev–Trinajstić information content (AvgIpc) is 2.46. The van der Waals surface area contributed by atoms with E-state index in [1.807, 2.05) is 52.0 Å². The van der Waals surface area contributed by atoms with Crippen LogP contribution < -0.4 is 10.6 Å². The van der Waals surface area contributed by atoms with Gasteiger partial charge in [-0.3, -0.25) is 9.20 Å². The molecule has 0 aromatic heterocycles. The lowest BCUT2D eigenvalue weighted by Crippen LogP contribution is -2.39. The molecule has 24 heavy (non-hydrogen) atoms. The fraction of sp³-hybridized carbons (Fsp3) is 0.588. The Kier molecular flexibility index (Phi) is 11.1. The van der Waals surface area contributed by atoms with Crippen molar-refractivity contribution in [2.75, 3.05) is 18.8 Å². The maximum Gasteiger partial charge on any atom is 0.191 e. The Morgan fingerprint density at radius 2 is 1.88 bits per heavy atom. The van der Waals surface area contributed by atoms with Gasteiger partial charge in [0.15, 0.2) is 5.96 Å². The second-order valence-electron chi connectivity index (χ2n) is 6.34. The van der Waals surface area contributed by atoms with Gasteiger partial charge in [0, 0.05) is 32.9 Å². The molecule has 0 saturated carbocycles. The monoisotopic (exact) mass is 485 g/mol. The minimum atomic E-state index is -0.886. The van der Waals surface area contributed by atoms with Crippen molar-refractivity contribution < 1.29 is 4.21 Å². The highest BCUT2D eigenvalue weighted by atomic mass is 127. The van der Waals surface area contributed by atoms with Crippen LogP contribution in [0.1, 0.15) is 46.2 Å². The summed E-state index contributed by atoms with van der Waals surface area (Å²) < 4.78 is 11.9. The van der Waals surface area contributed by atoms with Crippen LogP contribution in [0, 0.1) is 0 Å². The quantitative estimate of drug-likeness (QED) is 0.362. The number of hydrogen-bond donors (Lipinski definition) is 2. The van der Waals surface area contributed by atoms with Crippen LogP contribution in [0.3, 0.4) is 0 Å². The van der Waals surface area contributed by atoms with E-state index in [-0.39, 0.29) is 34.8 Å². The number of aliphatic imine (C=N–C) groups is 1. The van der Waals surface area contributed by atoms with Crippen molar-refractivity contribution in [3.8, 4) is 0 Å². The van der Waals surface area contributed by atoms with Gasteiger partial charge in [-0.25, -0.2) is 0 Å². The third kappa shape index (κ3) is 8.67. The van der Waals surface area contributed by atoms with Gasteiger partial charge in [0.1, 0.15) is 0 Å². The summed E-state index contributed by atoms with van der Waals surface area (Å²) in [7, 11) is -0.886. The number of nitrogens with zero attached hydrogens (tertiary/aromatic N) is 1. The van der Waals surface area contributed by atoms with Crippen molar-refractivity contribution in [2.45, 2.75) is 45.4 Å². The molecule has 0 aliphatic rings. The van der Waals surface area contributed by atoms with E-state index < -0.39 is 10.8 Å². The van der Waals surface area contributed by atoms with Crippen LogP contribution in [-0.4, -0.2) is 33.8 Å². The van der Waals surface area contributed by atoms with Crippen LogP contribution in [0.2, 0.25) is 5.02 Å². The fourth-order valence-electron chi connectivity index (χ4n) is 1.91. The van der Waals surface area contributed by atoms with Crippen molar-refractivity contribution in [1.29, 1.82) is 0 Å². The Hall–Kier alpha value is -0.340. The zero-order valence-corrected chi connectivity index (χ0v) is 19.0. The van der Waals surface area contributed by atoms with Gasteiger partial charge in [-0.05, 0) is 52.3 Å². The van der Waals surface area contributed by atoms with Crippen molar-refractivity contribution in [3.05, 3.63) is 34.9 Å². The lowest BCUT2D eigenvalue weighted by atomic mass is 10.1. The molecule has 0 spiro atoms. The second kappa shape index (κ2) is 11.3. The molecule has 0 saturated heterocycles. The molecule has 1 aromatic rings. The molecule has 2 N–H and O–H groups in total. The Labute approximate surface area is 170 Å². The Balaban J connectivity index is 0.00000529. The van der Waals surface area contributed by atoms with Gasteiger partial charge in [0.25, 0.3) is 0 Å². The first-order chi connectivity index (χ1) is 10.7. The molecule has 2 atom stereocenters. The fourth-order valence-corrected chi connectivity index (χ4v) is 2.90. The predicted octanol–water partition coefficient (Wildman–Crippen LogP) is 4.12. The maximum absolute atomic E-state index is 12.1. The summed E-state index contributed by atoms with van der Waals surface area (Å²) in [5.41, 5.74) is 1.14. The van der Waals surface area contributed by atoms with E-state index in [4.69, 9.17) is 11.6 Å². The first-order valence-corrected chi connectivity index (χ1v) is 9.62. The van der Waals surface area contributed by atoms with Crippen LogP contribution in [0.15, 0.2) is 29.3 Å². The lowest BCUT2D eigenvalue weighted by molar-refractivity contribution is 0.648. The van der Waals surface area contributed by atoms with Crippen LogP contribution >= 0.6 is 35.6 Å². The molecule has 0 fully saturated rings. The smallest absolute Gasteiger partial charge is 0.191 e. The second-order valence-corrected chi connectivity index (χ2v) is 9.10. The largest absolute Gasteiger partial charge is 0.357 e. The van der Waals surface area contributed by atoms with Crippen molar-refractivity contribution in [2.24, 2.45) is 4.99 Å². The summed E-state index contributed by atoms with van der Waals surface area (Å²) in [6, 6.07) is 7.87. The van der Waals surface area contributed by atoms with Gasteiger partial charge in [-0.1, -0.05) is 23.7 Å². The van der Waals surface area contributed by atoms with E-state index >= 15 is 0 Å². The summed E-state index contributed by atoms with van der Waals surface area (Å²) in [5, 5.41) is 7.31. The average molecular weight is 486 g/mol. The predicted molar refractivity (Wildman–Crippen MR) is 117 cm³/mol. The molecule has 1 rings (SSSR count).